The minimum Gasteiger partial charge on any atom is -0.481 e. The van der Waals surface area contributed by atoms with E-state index in [1.165, 1.54) is 11.5 Å². The van der Waals surface area contributed by atoms with Gasteiger partial charge in [-0.2, -0.15) is 4.37 Å². The molecule has 92 valence electrons. The average Bonchev–Trinajstić information content (AvgIpc) is 2.89. The van der Waals surface area contributed by atoms with Crippen LogP contribution in [-0.4, -0.2) is 26.5 Å². The Morgan fingerprint density at radius 1 is 1.65 bits per heavy atom. The number of nitrogens with one attached hydrogen (secondary N) is 1. The van der Waals surface area contributed by atoms with Crippen molar-refractivity contribution in [3.05, 3.63) is 18.0 Å². The first-order chi connectivity index (χ1) is 8.19. The van der Waals surface area contributed by atoms with Crippen molar-refractivity contribution < 1.29 is 9.90 Å². The van der Waals surface area contributed by atoms with Crippen molar-refractivity contribution >= 4 is 22.6 Å². The summed E-state index contributed by atoms with van der Waals surface area (Å²) >= 11 is 1.33. The van der Waals surface area contributed by atoms with Crippen LogP contribution in [0.5, 0.6) is 0 Å². The Morgan fingerprint density at radius 3 is 3.12 bits per heavy atom. The molecule has 0 aromatic carbocycles. The summed E-state index contributed by atoms with van der Waals surface area (Å²) in [6, 6.07) is 0.0542. The van der Waals surface area contributed by atoms with Crippen molar-refractivity contribution in [1.29, 1.82) is 0 Å². The fourth-order valence-corrected chi connectivity index (χ4v) is 2.46. The summed E-state index contributed by atoms with van der Waals surface area (Å²) in [5.41, 5.74) is 0. The summed E-state index contributed by atoms with van der Waals surface area (Å²) in [4.78, 5) is 15.1. The molecule has 17 heavy (non-hydrogen) atoms. The number of carbonyl (C=O) groups is 1. The Hall–Kier alpha value is -1.43. The number of carboxylic acids is 1. The van der Waals surface area contributed by atoms with Gasteiger partial charge in [0.05, 0.1) is 5.92 Å². The van der Waals surface area contributed by atoms with E-state index in [4.69, 9.17) is 5.11 Å². The van der Waals surface area contributed by atoms with Gasteiger partial charge in [0.1, 0.15) is 5.82 Å². The largest absolute Gasteiger partial charge is 0.481 e. The van der Waals surface area contributed by atoms with Crippen LogP contribution >= 0.6 is 11.5 Å². The van der Waals surface area contributed by atoms with E-state index in [0.29, 0.717) is 6.42 Å². The predicted octanol–water partition coefficient (Wildman–Crippen LogP) is 1.93. The molecule has 2 rings (SSSR count). The SMILES string of the molecule is CCCc1nsc(NC2C=CC(C(=O)O)C2)n1. The summed E-state index contributed by atoms with van der Waals surface area (Å²) in [7, 11) is 0. The predicted molar refractivity (Wildman–Crippen MR) is 66.2 cm³/mol. The highest BCUT2D eigenvalue weighted by Gasteiger charge is 2.24. The van der Waals surface area contributed by atoms with Gasteiger partial charge in [-0.05, 0) is 12.8 Å². The van der Waals surface area contributed by atoms with Gasteiger partial charge >= 0.3 is 5.97 Å². The molecule has 0 bridgehead atoms. The second-order valence-corrected chi connectivity index (χ2v) is 4.83. The van der Waals surface area contributed by atoms with Crippen molar-refractivity contribution in [2.24, 2.45) is 5.92 Å². The topological polar surface area (TPSA) is 75.1 Å². The standard InChI is InChI=1S/C11H15N3O2S/c1-2-3-9-13-11(17-14-9)12-8-5-4-7(6-8)10(15)16/h4-5,7-8H,2-3,6H2,1H3,(H,15,16)(H,12,13,14). The molecule has 5 nitrogen and oxygen atoms in total. The Bertz CT molecular complexity index is 430. The third kappa shape index (κ3) is 3.03. The quantitative estimate of drug-likeness (QED) is 0.784. The molecule has 0 saturated carbocycles. The second kappa shape index (κ2) is 5.27. The van der Waals surface area contributed by atoms with Gasteiger partial charge in [0, 0.05) is 24.0 Å². The summed E-state index contributed by atoms with van der Waals surface area (Å²) in [5.74, 6) is -0.290. The van der Waals surface area contributed by atoms with Gasteiger partial charge in [-0.3, -0.25) is 4.79 Å². The zero-order chi connectivity index (χ0) is 12.3. The number of carboxylic acid groups (broad SMARTS) is 1. The Morgan fingerprint density at radius 2 is 2.47 bits per heavy atom. The van der Waals surface area contributed by atoms with Crippen LogP contribution in [0.3, 0.4) is 0 Å². The summed E-state index contributed by atoms with van der Waals surface area (Å²) < 4.78 is 4.23. The number of hydrogen-bond donors (Lipinski definition) is 2. The summed E-state index contributed by atoms with van der Waals surface area (Å²) in [5, 5.41) is 12.8. The molecule has 1 aromatic heterocycles. The lowest BCUT2D eigenvalue weighted by Gasteiger charge is -2.09. The highest BCUT2D eigenvalue weighted by atomic mass is 32.1. The first-order valence-electron chi connectivity index (χ1n) is 5.69. The highest BCUT2D eigenvalue weighted by Crippen LogP contribution is 2.22. The van der Waals surface area contributed by atoms with Crippen LogP contribution in [0.1, 0.15) is 25.6 Å². The molecule has 0 fully saturated rings. The Balaban J connectivity index is 1.89. The fourth-order valence-electron chi connectivity index (χ4n) is 1.79. The lowest BCUT2D eigenvalue weighted by molar-refractivity contribution is -0.140. The monoisotopic (exact) mass is 253 g/mol. The van der Waals surface area contributed by atoms with E-state index in [-0.39, 0.29) is 12.0 Å². The third-order valence-corrected chi connectivity index (χ3v) is 3.34. The van der Waals surface area contributed by atoms with Crippen LogP contribution in [0.25, 0.3) is 0 Å². The van der Waals surface area contributed by atoms with Crippen molar-refractivity contribution in [2.75, 3.05) is 5.32 Å². The van der Waals surface area contributed by atoms with Gasteiger partial charge in [0.15, 0.2) is 0 Å². The lowest BCUT2D eigenvalue weighted by atomic mass is 10.1. The first-order valence-corrected chi connectivity index (χ1v) is 6.46. The first kappa shape index (κ1) is 12.0. The molecule has 1 aliphatic carbocycles. The molecule has 0 saturated heterocycles. The van der Waals surface area contributed by atoms with Gasteiger partial charge in [-0.1, -0.05) is 19.1 Å². The van der Waals surface area contributed by atoms with Crippen molar-refractivity contribution in [2.45, 2.75) is 32.2 Å². The average molecular weight is 253 g/mol. The molecular weight excluding hydrogens is 238 g/mol. The second-order valence-electron chi connectivity index (χ2n) is 4.08. The van der Waals surface area contributed by atoms with Gasteiger partial charge in [-0.15, -0.1) is 0 Å². The van der Waals surface area contributed by atoms with Crippen molar-refractivity contribution in [1.82, 2.24) is 9.36 Å². The highest BCUT2D eigenvalue weighted by molar-refractivity contribution is 7.09. The summed E-state index contributed by atoms with van der Waals surface area (Å²) in [6.45, 7) is 2.09. The zero-order valence-electron chi connectivity index (χ0n) is 9.59. The lowest BCUT2D eigenvalue weighted by Crippen LogP contribution is -2.18. The number of nitrogens with zero attached hydrogens (tertiary/aromatic N) is 2. The molecular formula is C11H15N3O2S. The van der Waals surface area contributed by atoms with E-state index < -0.39 is 5.97 Å². The maximum absolute atomic E-state index is 10.8. The van der Waals surface area contributed by atoms with Crippen LogP contribution in [0.15, 0.2) is 12.2 Å². The molecule has 0 radical (unpaired) electrons. The number of aliphatic carboxylic acids is 1. The smallest absolute Gasteiger partial charge is 0.310 e. The molecule has 2 unspecified atom stereocenters. The van der Waals surface area contributed by atoms with Gasteiger partial charge in [0.2, 0.25) is 5.13 Å². The van der Waals surface area contributed by atoms with E-state index in [1.54, 1.807) is 6.08 Å². The number of anilines is 1. The molecule has 1 aromatic rings. The number of rotatable bonds is 5. The minimum absolute atomic E-state index is 0.0542. The van der Waals surface area contributed by atoms with E-state index in [1.807, 2.05) is 6.08 Å². The molecule has 2 N–H and O–H groups in total. The van der Waals surface area contributed by atoms with E-state index in [2.05, 4.69) is 21.6 Å². The van der Waals surface area contributed by atoms with E-state index >= 15 is 0 Å². The Labute approximate surface area is 104 Å². The normalized spacial score (nSPS) is 22.9. The molecule has 0 spiro atoms. The van der Waals surface area contributed by atoms with Gasteiger partial charge < -0.3 is 10.4 Å². The van der Waals surface area contributed by atoms with Gasteiger partial charge in [-0.25, -0.2) is 4.98 Å². The fraction of sp³-hybridized carbons (Fsp3) is 0.545. The molecule has 0 amide bonds. The number of aryl methyl sites for hydroxylation is 1. The van der Waals surface area contributed by atoms with Crippen molar-refractivity contribution in [3.63, 3.8) is 0 Å². The minimum atomic E-state index is -0.769. The van der Waals surface area contributed by atoms with Crippen LogP contribution in [0, 0.1) is 5.92 Å². The van der Waals surface area contributed by atoms with Crippen LogP contribution in [0.2, 0.25) is 0 Å². The van der Waals surface area contributed by atoms with Gasteiger partial charge in [0.25, 0.3) is 0 Å². The molecule has 2 atom stereocenters. The third-order valence-electron chi connectivity index (χ3n) is 2.65. The van der Waals surface area contributed by atoms with Crippen LogP contribution < -0.4 is 5.32 Å². The van der Waals surface area contributed by atoms with Crippen molar-refractivity contribution in [3.8, 4) is 0 Å². The maximum atomic E-state index is 10.8. The maximum Gasteiger partial charge on any atom is 0.310 e. The molecule has 1 heterocycles. The molecule has 6 heteroatoms. The van der Waals surface area contributed by atoms with Crippen LogP contribution in [-0.2, 0) is 11.2 Å². The molecule has 1 aliphatic rings. The van der Waals surface area contributed by atoms with Crippen LogP contribution in [0.4, 0.5) is 5.13 Å². The Kier molecular flexibility index (Phi) is 3.73. The van der Waals surface area contributed by atoms with E-state index in [0.717, 1.165) is 23.8 Å². The zero-order valence-corrected chi connectivity index (χ0v) is 10.4. The number of hydrogen-bond acceptors (Lipinski definition) is 5. The summed E-state index contributed by atoms with van der Waals surface area (Å²) in [6.07, 6.45) is 6.11. The van der Waals surface area contributed by atoms with E-state index in [9.17, 15) is 4.79 Å². The number of aromatic nitrogens is 2. The molecule has 0 aliphatic heterocycles.